The van der Waals surface area contributed by atoms with Crippen LogP contribution in [0.1, 0.15) is 25.1 Å². The van der Waals surface area contributed by atoms with Gasteiger partial charge in [-0.05, 0) is 12.3 Å². The quantitative estimate of drug-likeness (QED) is 0.407. The maximum atomic E-state index is 4.51. The molecule has 0 amide bonds. The normalized spacial score (nSPS) is 20.3. The predicted octanol–water partition coefficient (Wildman–Crippen LogP) is 1.96. The van der Waals surface area contributed by atoms with Gasteiger partial charge in [-0.25, -0.2) is 9.97 Å². The zero-order valence-corrected chi connectivity index (χ0v) is 19.2. The molecule has 0 bridgehead atoms. The third-order valence-corrected chi connectivity index (χ3v) is 5.23. The lowest BCUT2D eigenvalue weighted by atomic mass is 9.93. The summed E-state index contributed by atoms with van der Waals surface area (Å²) in [6, 6.07) is 0.418. The molecule has 3 heterocycles. The molecule has 1 fully saturated rings. The fourth-order valence-corrected chi connectivity index (χ4v) is 3.61. The molecule has 0 aliphatic carbocycles. The molecule has 1 N–H and O–H groups in total. The molecule has 0 saturated carbocycles. The van der Waals surface area contributed by atoms with Gasteiger partial charge in [-0.3, -0.25) is 4.99 Å². The number of aromatic nitrogens is 4. The van der Waals surface area contributed by atoms with Crippen molar-refractivity contribution in [1.29, 1.82) is 0 Å². The van der Waals surface area contributed by atoms with Crippen LogP contribution in [0.4, 0.5) is 5.95 Å². The van der Waals surface area contributed by atoms with E-state index in [-0.39, 0.29) is 24.0 Å². The van der Waals surface area contributed by atoms with Crippen LogP contribution in [0.3, 0.4) is 0 Å². The second kappa shape index (κ2) is 9.43. The number of likely N-dealkylation sites (tertiary alicyclic amines) is 1. The molecule has 27 heavy (non-hydrogen) atoms. The lowest BCUT2D eigenvalue weighted by molar-refractivity contribution is 0.189. The maximum Gasteiger partial charge on any atom is 0.204 e. The highest BCUT2D eigenvalue weighted by molar-refractivity contribution is 14.0. The first-order valence-electron chi connectivity index (χ1n) is 9.12. The van der Waals surface area contributed by atoms with Crippen molar-refractivity contribution in [3.63, 3.8) is 0 Å². The highest BCUT2D eigenvalue weighted by Gasteiger charge is 2.28. The third-order valence-electron chi connectivity index (χ3n) is 5.23. The Hall–Kier alpha value is -1.78. The number of aliphatic imine (C=N–C) groups is 1. The Morgan fingerprint density at radius 3 is 2.78 bits per heavy atom. The lowest BCUT2D eigenvalue weighted by Crippen LogP contribution is -2.48. The molecule has 3 rings (SSSR count). The summed E-state index contributed by atoms with van der Waals surface area (Å²) in [6.07, 6.45) is 8.88. The fraction of sp³-hybridized carbons (Fsp3) is 0.611. The van der Waals surface area contributed by atoms with Crippen LogP contribution in [0.5, 0.6) is 0 Å². The summed E-state index contributed by atoms with van der Waals surface area (Å²) in [6.45, 7) is 4.97. The lowest BCUT2D eigenvalue weighted by Gasteiger charge is -2.39. The highest BCUT2D eigenvalue weighted by atomic mass is 127. The van der Waals surface area contributed by atoms with Gasteiger partial charge < -0.3 is 24.3 Å². The number of nitrogens with zero attached hydrogens (tertiary/aromatic N) is 7. The number of piperidine rings is 1. The van der Waals surface area contributed by atoms with Crippen LogP contribution in [0.2, 0.25) is 0 Å². The van der Waals surface area contributed by atoms with E-state index < -0.39 is 0 Å². The zero-order valence-electron chi connectivity index (χ0n) is 16.8. The minimum Gasteiger partial charge on any atom is -0.351 e. The first kappa shape index (κ1) is 21.5. The van der Waals surface area contributed by atoms with E-state index in [4.69, 9.17) is 0 Å². The molecule has 9 heteroatoms. The number of hydrogen-bond acceptors (Lipinski definition) is 4. The van der Waals surface area contributed by atoms with Crippen LogP contribution in [-0.4, -0.2) is 64.2 Å². The fourth-order valence-electron chi connectivity index (χ4n) is 3.61. The number of guanidine groups is 1. The van der Waals surface area contributed by atoms with Gasteiger partial charge in [-0.1, -0.05) is 6.92 Å². The molecule has 8 nitrogen and oxygen atoms in total. The van der Waals surface area contributed by atoms with Gasteiger partial charge in [0.2, 0.25) is 5.95 Å². The molecule has 2 aromatic rings. The summed E-state index contributed by atoms with van der Waals surface area (Å²) < 4.78 is 4.32. The third kappa shape index (κ3) is 4.74. The number of imidazole rings is 2. The van der Waals surface area contributed by atoms with E-state index in [1.54, 1.807) is 0 Å². The highest BCUT2D eigenvalue weighted by Crippen LogP contribution is 2.27. The average molecular weight is 486 g/mol. The summed E-state index contributed by atoms with van der Waals surface area (Å²) in [5.74, 6) is 2.51. The molecule has 0 spiro atoms. The first-order valence-corrected chi connectivity index (χ1v) is 9.12. The standard InChI is InChI=1S/C18H30N8.HI/c1-14-6-8-25(12-16(14)26-9-7-20-13-26)17(19-2)21-10-15-11-22-18(23(3)4)24(15)5;/h7,9,11,13-14,16H,6,8,10,12H2,1-5H3,(H,19,21);1H. The smallest absolute Gasteiger partial charge is 0.204 e. The van der Waals surface area contributed by atoms with Crippen LogP contribution in [0, 0.1) is 5.92 Å². The molecule has 0 aromatic carbocycles. The SMILES string of the molecule is CN=C(NCc1cnc(N(C)C)n1C)N1CCC(C)C(n2ccnc2)C1.I. The first-order chi connectivity index (χ1) is 12.5. The Bertz CT molecular complexity index is 737. The zero-order chi connectivity index (χ0) is 18.7. The molecule has 150 valence electrons. The monoisotopic (exact) mass is 486 g/mol. The predicted molar refractivity (Wildman–Crippen MR) is 120 cm³/mol. The molecule has 2 aromatic heterocycles. The maximum absolute atomic E-state index is 4.51. The summed E-state index contributed by atoms with van der Waals surface area (Å²) >= 11 is 0. The minimum atomic E-state index is 0. The number of rotatable bonds is 4. The van der Waals surface area contributed by atoms with Gasteiger partial charge in [0, 0.05) is 53.7 Å². The van der Waals surface area contributed by atoms with E-state index in [0.29, 0.717) is 18.5 Å². The molecule has 1 aliphatic heterocycles. The van der Waals surface area contributed by atoms with Crippen molar-refractivity contribution < 1.29 is 0 Å². The van der Waals surface area contributed by atoms with Crippen LogP contribution < -0.4 is 10.2 Å². The van der Waals surface area contributed by atoms with E-state index in [1.807, 2.05) is 51.8 Å². The number of hydrogen-bond donors (Lipinski definition) is 1. The molecule has 2 unspecified atom stereocenters. The Balaban J connectivity index is 0.00000261. The Kier molecular flexibility index (Phi) is 7.51. The summed E-state index contributed by atoms with van der Waals surface area (Å²) in [7, 11) is 7.90. The number of anilines is 1. The van der Waals surface area contributed by atoms with E-state index in [2.05, 4.69) is 47.4 Å². The minimum absolute atomic E-state index is 0. The topological polar surface area (TPSA) is 66.5 Å². The van der Waals surface area contributed by atoms with E-state index >= 15 is 0 Å². The van der Waals surface area contributed by atoms with Gasteiger partial charge in [0.25, 0.3) is 0 Å². The molecular weight excluding hydrogens is 455 g/mol. The largest absolute Gasteiger partial charge is 0.351 e. The van der Waals surface area contributed by atoms with Crippen molar-refractivity contribution in [1.82, 2.24) is 29.3 Å². The van der Waals surface area contributed by atoms with Gasteiger partial charge in [0.15, 0.2) is 5.96 Å². The molecule has 1 aliphatic rings. The number of nitrogens with one attached hydrogen (secondary N) is 1. The number of halogens is 1. The van der Waals surface area contributed by atoms with E-state index in [0.717, 1.165) is 37.1 Å². The molecule has 0 radical (unpaired) electrons. The van der Waals surface area contributed by atoms with Crippen LogP contribution in [-0.2, 0) is 13.6 Å². The van der Waals surface area contributed by atoms with Gasteiger partial charge in [-0.15, -0.1) is 24.0 Å². The van der Waals surface area contributed by atoms with Crippen molar-refractivity contribution in [2.24, 2.45) is 18.0 Å². The van der Waals surface area contributed by atoms with Gasteiger partial charge >= 0.3 is 0 Å². The summed E-state index contributed by atoms with van der Waals surface area (Å²) in [5.41, 5.74) is 1.13. The van der Waals surface area contributed by atoms with Gasteiger partial charge in [-0.2, -0.15) is 0 Å². The Labute approximate surface area is 178 Å². The summed E-state index contributed by atoms with van der Waals surface area (Å²) in [4.78, 5) is 17.5. The van der Waals surface area contributed by atoms with E-state index in [9.17, 15) is 0 Å². The average Bonchev–Trinajstić information content (AvgIpc) is 3.27. The van der Waals surface area contributed by atoms with Gasteiger partial charge in [0.1, 0.15) is 0 Å². The van der Waals surface area contributed by atoms with Crippen molar-refractivity contribution in [2.45, 2.75) is 25.9 Å². The van der Waals surface area contributed by atoms with Crippen LogP contribution in [0.15, 0.2) is 29.9 Å². The molecular formula is C18H31IN8. The van der Waals surface area contributed by atoms with Crippen molar-refractivity contribution >= 4 is 35.9 Å². The molecule has 1 saturated heterocycles. The Morgan fingerprint density at radius 1 is 1.41 bits per heavy atom. The Morgan fingerprint density at radius 2 is 2.19 bits per heavy atom. The van der Waals surface area contributed by atoms with Crippen molar-refractivity contribution in [2.75, 3.05) is 39.1 Å². The van der Waals surface area contributed by atoms with Crippen molar-refractivity contribution in [3.8, 4) is 0 Å². The van der Waals surface area contributed by atoms with Crippen molar-refractivity contribution in [3.05, 3.63) is 30.6 Å². The summed E-state index contributed by atoms with van der Waals surface area (Å²) in [5, 5.41) is 3.50. The van der Waals surface area contributed by atoms with Crippen LogP contribution >= 0.6 is 24.0 Å². The second-order valence-corrected chi connectivity index (χ2v) is 7.19. The van der Waals surface area contributed by atoms with Crippen LogP contribution in [0.25, 0.3) is 0 Å². The van der Waals surface area contributed by atoms with E-state index in [1.165, 1.54) is 0 Å². The van der Waals surface area contributed by atoms with Gasteiger partial charge in [0.05, 0.1) is 30.8 Å². The molecule has 2 atom stereocenters. The second-order valence-electron chi connectivity index (χ2n) is 7.19.